The number of hydrogen-bond acceptors (Lipinski definition) is 9. The Morgan fingerprint density at radius 3 is 1.50 bits per heavy atom. The molecular weight excluding hydrogens is 571 g/mol. The number of esters is 1. The predicted octanol–water partition coefficient (Wildman–Crippen LogP) is 6.59. The fourth-order valence-corrected chi connectivity index (χ4v) is 10.0. The van der Waals surface area contributed by atoms with Gasteiger partial charge in [-0.15, -0.1) is 0 Å². The molecule has 0 radical (unpaired) electrons. The number of carbonyl (C=O) groups is 1. The first-order chi connectivity index (χ1) is 20.4. The average molecular weight is 622 g/mol. The molecule has 9 nitrogen and oxygen atoms in total. The second kappa shape index (κ2) is 20.0. The number of hydrogen-bond donors (Lipinski definition) is 0. The minimum atomic E-state index is -2.78. The summed E-state index contributed by atoms with van der Waals surface area (Å²) in [5.74, 6) is 0.107. The van der Waals surface area contributed by atoms with Gasteiger partial charge in [0.1, 0.15) is 5.75 Å². The largest absolute Gasteiger partial charge is 0.500 e. The maximum absolute atomic E-state index is 12.7. The van der Waals surface area contributed by atoms with Crippen molar-refractivity contribution in [2.45, 2.75) is 66.5 Å². The van der Waals surface area contributed by atoms with E-state index < -0.39 is 17.6 Å². The fraction of sp³-hybridized carbons (Fsp3) is 0.581. The Morgan fingerprint density at radius 1 is 0.619 bits per heavy atom. The highest BCUT2D eigenvalue weighted by Gasteiger charge is 2.41. The van der Waals surface area contributed by atoms with Crippen LogP contribution in [0.4, 0.5) is 5.69 Å². The quantitative estimate of drug-likeness (QED) is 0.0775. The maximum Gasteiger partial charge on any atom is 0.500 e. The number of carbonyl (C=O) groups excluding carboxylic acids is 1. The van der Waals surface area contributed by atoms with Crippen molar-refractivity contribution in [3.8, 4) is 5.75 Å². The van der Waals surface area contributed by atoms with Crippen molar-refractivity contribution < 1.29 is 36.1 Å². The summed E-state index contributed by atoms with van der Waals surface area (Å²) in [7, 11) is -5.55. The van der Waals surface area contributed by atoms with Crippen molar-refractivity contribution in [3.63, 3.8) is 0 Å². The highest BCUT2D eigenvalue weighted by atomic mass is 28.4. The lowest BCUT2D eigenvalue weighted by Gasteiger charge is -2.32. The molecule has 2 aromatic carbocycles. The molecule has 0 saturated heterocycles. The summed E-state index contributed by atoms with van der Waals surface area (Å²) in [6.07, 6.45) is 1.62. The van der Waals surface area contributed by atoms with E-state index in [1.54, 1.807) is 18.2 Å². The molecule has 0 aliphatic rings. The van der Waals surface area contributed by atoms with Gasteiger partial charge >= 0.3 is 23.6 Å². The Bertz CT molecular complexity index is 947. The van der Waals surface area contributed by atoms with E-state index in [2.05, 4.69) is 4.90 Å². The molecule has 2 aromatic rings. The number of nitrogens with zero attached hydrogens (tertiary/aromatic N) is 1. The molecule has 0 saturated carbocycles. The summed E-state index contributed by atoms with van der Waals surface area (Å²) in [5, 5.41) is 0. The monoisotopic (exact) mass is 621 g/mol. The molecule has 0 N–H and O–H groups in total. The van der Waals surface area contributed by atoms with Crippen LogP contribution in [0, 0.1) is 0 Å². The standard InChI is InChI=1S/C31H51NO8Si2/c1-7-34-41(35-8-2,36-9-3)25-17-23-32(24-18-26-42(37-10-4,38-11-5)39-12-6)29-21-16-22-30(27-29)40-31(33)28-19-14-13-15-20-28/h13-16,19-22,27H,7-12,17-18,23-26H2,1-6H3. The first-order valence-corrected chi connectivity index (χ1v) is 19.2. The predicted molar refractivity (Wildman–Crippen MR) is 170 cm³/mol. The molecule has 0 aromatic heterocycles. The normalized spacial score (nSPS) is 12.0. The van der Waals surface area contributed by atoms with Gasteiger partial charge in [-0.05, 0) is 78.6 Å². The van der Waals surface area contributed by atoms with Gasteiger partial charge in [0.2, 0.25) is 0 Å². The van der Waals surface area contributed by atoms with Crippen molar-refractivity contribution in [1.82, 2.24) is 0 Å². The van der Waals surface area contributed by atoms with Gasteiger partial charge < -0.3 is 36.2 Å². The fourth-order valence-electron chi connectivity index (χ4n) is 4.83. The van der Waals surface area contributed by atoms with Crippen LogP contribution in [0.2, 0.25) is 12.1 Å². The second-order valence-corrected chi connectivity index (χ2v) is 14.9. The van der Waals surface area contributed by atoms with Gasteiger partial charge in [-0.25, -0.2) is 4.79 Å². The van der Waals surface area contributed by atoms with E-state index in [9.17, 15) is 4.79 Å². The van der Waals surface area contributed by atoms with E-state index in [0.717, 1.165) is 31.6 Å². The van der Waals surface area contributed by atoms with E-state index in [1.807, 2.05) is 77.9 Å². The number of rotatable bonds is 23. The third-order valence-electron chi connectivity index (χ3n) is 6.41. The van der Waals surface area contributed by atoms with Crippen LogP contribution in [0.15, 0.2) is 54.6 Å². The molecule has 42 heavy (non-hydrogen) atoms. The Kier molecular flexibility index (Phi) is 17.2. The van der Waals surface area contributed by atoms with Crippen molar-refractivity contribution in [1.29, 1.82) is 0 Å². The highest BCUT2D eigenvalue weighted by molar-refractivity contribution is 6.61. The zero-order chi connectivity index (χ0) is 30.7. The van der Waals surface area contributed by atoms with Crippen molar-refractivity contribution >= 4 is 29.3 Å². The molecule has 2 rings (SSSR count). The molecular formula is C31H51NO8Si2. The Balaban J connectivity index is 2.24. The first-order valence-electron chi connectivity index (χ1n) is 15.4. The van der Waals surface area contributed by atoms with Gasteiger partial charge in [-0.2, -0.15) is 0 Å². The molecule has 0 heterocycles. The molecule has 0 aliphatic carbocycles. The minimum Gasteiger partial charge on any atom is -0.423 e. The van der Waals surface area contributed by atoms with Gasteiger partial charge in [0.25, 0.3) is 0 Å². The van der Waals surface area contributed by atoms with Crippen LogP contribution in [0.5, 0.6) is 5.75 Å². The highest BCUT2D eigenvalue weighted by Crippen LogP contribution is 2.26. The summed E-state index contributed by atoms with van der Waals surface area (Å²) in [6.45, 7) is 16.6. The number of benzene rings is 2. The summed E-state index contributed by atoms with van der Waals surface area (Å²) in [6, 6.07) is 18.1. The van der Waals surface area contributed by atoms with Gasteiger partial charge in [-0.3, -0.25) is 0 Å². The maximum atomic E-state index is 12.7. The van der Waals surface area contributed by atoms with Crippen molar-refractivity contribution in [3.05, 3.63) is 60.2 Å². The molecule has 236 valence electrons. The molecule has 0 amide bonds. The molecule has 0 bridgehead atoms. The molecule has 0 spiro atoms. The third kappa shape index (κ3) is 11.9. The van der Waals surface area contributed by atoms with Crippen LogP contribution in [0.25, 0.3) is 0 Å². The molecule has 0 atom stereocenters. The van der Waals surface area contributed by atoms with Crippen LogP contribution in [-0.4, -0.2) is 76.3 Å². The zero-order valence-electron chi connectivity index (χ0n) is 26.4. The third-order valence-corrected chi connectivity index (χ3v) is 12.7. The average Bonchev–Trinajstić information content (AvgIpc) is 2.98. The molecule has 0 fully saturated rings. The van der Waals surface area contributed by atoms with E-state index in [1.165, 1.54) is 0 Å². The van der Waals surface area contributed by atoms with Gasteiger partial charge in [-0.1, -0.05) is 24.3 Å². The summed E-state index contributed by atoms with van der Waals surface area (Å²) in [4.78, 5) is 15.0. The molecule has 0 aliphatic heterocycles. The molecule has 11 heteroatoms. The number of ether oxygens (including phenoxy) is 1. The first kappa shape index (κ1) is 36.1. The van der Waals surface area contributed by atoms with Crippen molar-refractivity contribution in [2.24, 2.45) is 0 Å². The molecule has 0 unspecified atom stereocenters. The summed E-state index contributed by atoms with van der Waals surface area (Å²) >= 11 is 0. The zero-order valence-corrected chi connectivity index (χ0v) is 28.4. The van der Waals surface area contributed by atoms with E-state index in [0.29, 0.717) is 63.0 Å². The SMILES string of the molecule is CCO[Si](CCCN(CCC[Si](OCC)(OCC)OCC)c1cccc(OC(=O)c2ccccc2)c1)(OCC)OCC. The van der Waals surface area contributed by atoms with Gasteiger partial charge in [0.15, 0.2) is 0 Å². The van der Waals surface area contributed by atoms with E-state index >= 15 is 0 Å². The van der Waals surface area contributed by atoms with Crippen LogP contribution in [-0.2, 0) is 26.6 Å². The smallest absolute Gasteiger partial charge is 0.423 e. The Hall–Kier alpha value is -2.10. The van der Waals surface area contributed by atoms with Crippen LogP contribution in [0.1, 0.15) is 64.7 Å². The van der Waals surface area contributed by atoms with Gasteiger partial charge in [0, 0.05) is 76.6 Å². The number of anilines is 1. The van der Waals surface area contributed by atoms with Crippen LogP contribution in [0.3, 0.4) is 0 Å². The lowest BCUT2D eigenvalue weighted by atomic mass is 10.2. The van der Waals surface area contributed by atoms with Crippen molar-refractivity contribution in [2.75, 3.05) is 57.6 Å². The second-order valence-electron chi connectivity index (χ2n) is 9.41. The van der Waals surface area contributed by atoms with Crippen LogP contribution >= 0.6 is 0 Å². The summed E-state index contributed by atoms with van der Waals surface area (Å²) in [5.41, 5.74) is 1.47. The van der Waals surface area contributed by atoms with E-state index in [-0.39, 0.29) is 5.97 Å². The lowest BCUT2D eigenvalue weighted by Crippen LogP contribution is -2.47. The lowest BCUT2D eigenvalue weighted by molar-refractivity contribution is 0.0705. The van der Waals surface area contributed by atoms with Gasteiger partial charge in [0.05, 0.1) is 5.56 Å². The Labute approximate surface area is 255 Å². The topological polar surface area (TPSA) is 84.9 Å². The minimum absolute atomic E-state index is 0.388. The van der Waals surface area contributed by atoms with E-state index in [4.69, 9.17) is 31.3 Å². The summed E-state index contributed by atoms with van der Waals surface area (Å²) < 4.78 is 42.2. The Morgan fingerprint density at radius 2 is 1.07 bits per heavy atom. The van der Waals surface area contributed by atoms with Crippen LogP contribution < -0.4 is 9.64 Å².